The van der Waals surface area contributed by atoms with E-state index in [1.165, 1.54) is 11.1 Å². The van der Waals surface area contributed by atoms with E-state index in [-0.39, 0.29) is 10.8 Å². The van der Waals surface area contributed by atoms with Gasteiger partial charge in [0.1, 0.15) is 0 Å². The molecule has 0 aliphatic heterocycles. The lowest BCUT2D eigenvalue weighted by Gasteiger charge is -2.19. The second-order valence-corrected chi connectivity index (χ2v) is 10.5. The van der Waals surface area contributed by atoms with Crippen LogP contribution in [-0.2, 0) is 10.8 Å². The molecule has 0 fully saturated rings. The summed E-state index contributed by atoms with van der Waals surface area (Å²) in [5.41, 5.74) is 7.98. The molecular formula is C30H32N2. The summed E-state index contributed by atoms with van der Waals surface area (Å²) in [5.74, 6) is 0.748. The van der Waals surface area contributed by atoms with Crippen molar-refractivity contribution in [1.82, 2.24) is 9.97 Å². The minimum absolute atomic E-state index is 0.124. The van der Waals surface area contributed by atoms with E-state index < -0.39 is 0 Å². The van der Waals surface area contributed by atoms with Gasteiger partial charge in [-0.25, -0.2) is 9.97 Å². The SMILES string of the molecule is CC(C)(C)c1ccc(-c2cc(-c3ccc(C(C)(C)C)cc3)nc(-c3ccccc3)n2)cc1. The highest BCUT2D eigenvalue weighted by Crippen LogP contribution is 2.31. The van der Waals surface area contributed by atoms with Crippen LogP contribution in [0.25, 0.3) is 33.9 Å². The summed E-state index contributed by atoms with van der Waals surface area (Å²) >= 11 is 0. The molecule has 32 heavy (non-hydrogen) atoms. The van der Waals surface area contributed by atoms with Gasteiger partial charge in [-0.05, 0) is 28.0 Å². The second-order valence-electron chi connectivity index (χ2n) is 10.5. The van der Waals surface area contributed by atoms with Gasteiger partial charge in [0, 0.05) is 16.7 Å². The molecule has 0 aliphatic carbocycles. The first-order valence-corrected chi connectivity index (χ1v) is 11.3. The highest BCUT2D eigenvalue weighted by molar-refractivity contribution is 5.72. The van der Waals surface area contributed by atoms with Crippen molar-refractivity contribution in [3.05, 3.63) is 96.1 Å². The van der Waals surface area contributed by atoms with E-state index in [4.69, 9.17) is 9.97 Å². The van der Waals surface area contributed by atoms with E-state index >= 15 is 0 Å². The standard InChI is InChI=1S/C30H32N2/c1-29(2,3)24-16-12-21(13-17-24)26-20-27(22-14-18-25(19-15-22)30(4,5)6)32-28(31-26)23-10-8-7-9-11-23/h7-20H,1-6H3. The van der Waals surface area contributed by atoms with Crippen LogP contribution >= 0.6 is 0 Å². The van der Waals surface area contributed by atoms with Crippen LogP contribution in [0.4, 0.5) is 0 Å². The summed E-state index contributed by atoms with van der Waals surface area (Å²) < 4.78 is 0. The molecule has 0 amide bonds. The number of nitrogens with zero attached hydrogens (tertiary/aromatic N) is 2. The topological polar surface area (TPSA) is 25.8 Å². The van der Waals surface area contributed by atoms with Crippen molar-refractivity contribution >= 4 is 0 Å². The molecule has 0 radical (unpaired) electrons. The lowest BCUT2D eigenvalue weighted by atomic mass is 9.86. The highest BCUT2D eigenvalue weighted by atomic mass is 14.9. The smallest absolute Gasteiger partial charge is 0.160 e. The lowest BCUT2D eigenvalue weighted by molar-refractivity contribution is 0.590. The largest absolute Gasteiger partial charge is 0.228 e. The molecule has 0 N–H and O–H groups in total. The summed E-state index contributed by atoms with van der Waals surface area (Å²) in [6.45, 7) is 13.4. The summed E-state index contributed by atoms with van der Waals surface area (Å²) in [4.78, 5) is 9.87. The summed E-state index contributed by atoms with van der Waals surface area (Å²) in [5, 5.41) is 0. The Morgan fingerprint density at radius 1 is 0.469 bits per heavy atom. The fourth-order valence-electron chi connectivity index (χ4n) is 3.74. The van der Waals surface area contributed by atoms with Crippen molar-refractivity contribution in [2.45, 2.75) is 52.4 Å². The monoisotopic (exact) mass is 420 g/mol. The van der Waals surface area contributed by atoms with Crippen molar-refractivity contribution in [3.63, 3.8) is 0 Å². The summed E-state index contributed by atoms with van der Waals surface area (Å²) in [6.07, 6.45) is 0. The van der Waals surface area contributed by atoms with Gasteiger partial charge in [-0.15, -0.1) is 0 Å². The zero-order valence-corrected chi connectivity index (χ0v) is 20.0. The molecule has 0 saturated carbocycles. The van der Waals surface area contributed by atoms with Gasteiger partial charge >= 0.3 is 0 Å². The van der Waals surface area contributed by atoms with Crippen molar-refractivity contribution < 1.29 is 0 Å². The molecule has 0 spiro atoms. The lowest BCUT2D eigenvalue weighted by Crippen LogP contribution is -2.10. The molecule has 0 unspecified atom stereocenters. The predicted octanol–water partition coefficient (Wildman–Crippen LogP) is 8.07. The van der Waals surface area contributed by atoms with Crippen LogP contribution in [0.3, 0.4) is 0 Å². The third-order valence-electron chi connectivity index (χ3n) is 5.85. The van der Waals surface area contributed by atoms with E-state index in [2.05, 4.69) is 108 Å². The maximum Gasteiger partial charge on any atom is 0.160 e. The summed E-state index contributed by atoms with van der Waals surface area (Å²) in [6, 6.07) is 29.8. The first kappa shape index (κ1) is 22.0. The van der Waals surface area contributed by atoms with Gasteiger partial charge in [-0.1, -0.05) is 120 Å². The third-order valence-corrected chi connectivity index (χ3v) is 5.85. The van der Waals surface area contributed by atoms with Crippen LogP contribution in [0.2, 0.25) is 0 Å². The molecule has 0 aliphatic rings. The number of aromatic nitrogens is 2. The first-order valence-electron chi connectivity index (χ1n) is 11.3. The first-order chi connectivity index (χ1) is 15.1. The van der Waals surface area contributed by atoms with Gasteiger partial charge < -0.3 is 0 Å². The van der Waals surface area contributed by atoms with E-state index in [0.29, 0.717) is 0 Å². The van der Waals surface area contributed by atoms with Gasteiger partial charge in [0.05, 0.1) is 11.4 Å². The van der Waals surface area contributed by atoms with Crippen molar-refractivity contribution in [1.29, 1.82) is 0 Å². The Hall–Kier alpha value is -3.26. The van der Waals surface area contributed by atoms with Gasteiger partial charge in [0.15, 0.2) is 5.82 Å². The minimum atomic E-state index is 0.124. The molecule has 1 heterocycles. The molecule has 3 aromatic carbocycles. The fourth-order valence-corrected chi connectivity index (χ4v) is 3.74. The third kappa shape index (κ3) is 4.80. The Kier molecular flexibility index (Phi) is 5.73. The van der Waals surface area contributed by atoms with Gasteiger partial charge in [0.25, 0.3) is 0 Å². The van der Waals surface area contributed by atoms with E-state index in [9.17, 15) is 0 Å². The number of hydrogen-bond donors (Lipinski definition) is 0. The van der Waals surface area contributed by atoms with Crippen LogP contribution in [0.1, 0.15) is 52.7 Å². The zero-order valence-electron chi connectivity index (χ0n) is 20.0. The molecule has 1 aromatic heterocycles. The van der Waals surface area contributed by atoms with Gasteiger partial charge in [-0.3, -0.25) is 0 Å². The molecule has 2 nitrogen and oxygen atoms in total. The Bertz CT molecular complexity index is 1120. The Labute approximate surface area is 192 Å². The second kappa shape index (κ2) is 8.35. The fraction of sp³-hybridized carbons (Fsp3) is 0.267. The van der Waals surface area contributed by atoms with E-state index in [0.717, 1.165) is 33.9 Å². The summed E-state index contributed by atoms with van der Waals surface area (Å²) in [7, 11) is 0. The molecule has 162 valence electrons. The molecule has 0 atom stereocenters. The molecule has 0 bridgehead atoms. The Morgan fingerprint density at radius 3 is 1.25 bits per heavy atom. The average molecular weight is 421 g/mol. The minimum Gasteiger partial charge on any atom is -0.228 e. The number of hydrogen-bond acceptors (Lipinski definition) is 2. The molecular weight excluding hydrogens is 388 g/mol. The van der Waals surface area contributed by atoms with Crippen LogP contribution < -0.4 is 0 Å². The molecule has 0 saturated heterocycles. The van der Waals surface area contributed by atoms with Crippen LogP contribution in [0.5, 0.6) is 0 Å². The maximum absolute atomic E-state index is 4.94. The van der Waals surface area contributed by atoms with Crippen molar-refractivity contribution in [3.8, 4) is 33.9 Å². The maximum atomic E-state index is 4.94. The molecule has 4 rings (SSSR count). The highest BCUT2D eigenvalue weighted by Gasteiger charge is 2.16. The Morgan fingerprint density at radius 2 is 0.875 bits per heavy atom. The molecule has 2 heteroatoms. The van der Waals surface area contributed by atoms with Gasteiger partial charge in [-0.2, -0.15) is 0 Å². The van der Waals surface area contributed by atoms with Crippen molar-refractivity contribution in [2.75, 3.05) is 0 Å². The van der Waals surface area contributed by atoms with Crippen molar-refractivity contribution in [2.24, 2.45) is 0 Å². The average Bonchev–Trinajstić information content (AvgIpc) is 2.78. The molecule has 4 aromatic rings. The van der Waals surface area contributed by atoms with Crippen LogP contribution in [0.15, 0.2) is 84.9 Å². The number of rotatable bonds is 3. The van der Waals surface area contributed by atoms with Crippen LogP contribution in [0, 0.1) is 0 Å². The van der Waals surface area contributed by atoms with E-state index in [1.807, 2.05) is 18.2 Å². The van der Waals surface area contributed by atoms with E-state index in [1.54, 1.807) is 0 Å². The predicted molar refractivity (Wildman–Crippen MR) is 136 cm³/mol. The quantitative estimate of drug-likeness (QED) is 0.335. The normalized spacial score (nSPS) is 12.1. The van der Waals surface area contributed by atoms with Crippen LogP contribution in [-0.4, -0.2) is 9.97 Å². The zero-order chi connectivity index (χ0) is 22.9. The van der Waals surface area contributed by atoms with Gasteiger partial charge in [0.2, 0.25) is 0 Å². The Balaban J connectivity index is 1.82. The number of benzene rings is 3.